The number of hydrogen-bond acceptors (Lipinski definition) is 6. The Morgan fingerprint density at radius 2 is 1.94 bits per heavy atom. The summed E-state index contributed by atoms with van der Waals surface area (Å²) in [5.41, 5.74) is 10.1. The van der Waals surface area contributed by atoms with Gasteiger partial charge in [-0.15, -0.1) is 0 Å². The number of nitrogen functional groups attached to an aromatic ring is 1. The minimum atomic E-state index is -4.65. The van der Waals surface area contributed by atoms with Crippen LogP contribution in [0.5, 0.6) is 0 Å². The molecule has 0 bridgehead atoms. The van der Waals surface area contributed by atoms with Gasteiger partial charge in [0.05, 0.1) is 28.2 Å². The highest BCUT2D eigenvalue weighted by molar-refractivity contribution is 6.06. The molecule has 2 heterocycles. The molecule has 0 fully saturated rings. The van der Waals surface area contributed by atoms with E-state index in [9.17, 15) is 13.2 Å². The maximum atomic E-state index is 13.9. The van der Waals surface area contributed by atoms with Crippen LogP contribution >= 0.6 is 0 Å². The van der Waals surface area contributed by atoms with E-state index in [0.717, 1.165) is 36.2 Å². The van der Waals surface area contributed by atoms with Crippen molar-refractivity contribution in [3.8, 4) is 11.3 Å². The van der Waals surface area contributed by atoms with Gasteiger partial charge in [0.15, 0.2) is 0 Å². The number of hydroxylamine groups is 1. The standard InChI is InChI=1S/C22H20F3N5O/c1-11(30-31)18-7-6-12(10-28-18)20-14-5-3-2-4-13(14)19-15(9-26)17(27)8-16(21(19)29-20)22(23,24)25/h6-10,26,30-31H,1-5,27H2. The molecule has 0 spiro atoms. The lowest BCUT2D eigenvalue weighted by Crippen LogP contribution is -2.14. The number of alkyl halides is 3. The zero-order chi connectivity index (χ0) is 22.3. The zero-order valence-electron chi connectivity index (χ0n) is 16.5. The number of hydrogen-bond donors (Lipinski definition) is 4. The topological polar surface area (TPSA) is 108 Å². The van der Waals surface area contributed by atoms with Crippen LogP contribution in [0.2, 0.25) is 0 Å². The van der Waals surface area contributed by atoms with Gasteiger partial charge in [-0.25, -0.2) is 4.98 Å². The molecular formula is C22H20F3N5O. The molecule has 160 valence electrons. The van der Waals surface area contributed by atoms with Gasteiger partial charge in [-0.1, -0.05) is 6.58 Å². The van der Waals surface area contributed by atoms with Crippen LogP contribution in [0, 0.1) is 5.41 Å². The lowest BCUT2D eigenvalue weighted by atomic mass is 9.84. The Labute approximate surface area is 176 Å². The summed E-state index contributed by atoms with van der Waals surface area (Å²) in [4.78, 5) is 8.70. The van der Waals surface area contributed by atoms with Crippen molar-refractivity contribution in [2.45, 2.75) is 31.9 Å². The van der Waals surface area contributed by atoms with Gasteiger partial charge in [0.25, 0.3) is 0 Å². The second-order valence-corrected chi connectivity index (χ2v) is 7.44. The van der Waals surface area contributed by atoms with Crippen LogP contribution in [-0.2, 0) is 19.0 Å². The third kappa shape index (κ3) is 3.50. The molecule has 1 aliphatic rings. The summed E-state index contributed by atoms with van der Waals surface area (Å²) in [6.07, 6.45) is 0.817. The molecule has 31 heavy (non-hydrogen) atoms. The number of anilines is 1. The molecule has 0 unspecified atom stereocenters. The number of pyridine rings is 2. The van der Waals surface area contributed by atoms with E-state index >= 15 is 0 Å². The lowest BCUT2D eigenvalue weighted by molar-refractivity contribution is -0.136. The second kappa shape index (κ2) is 7.66. The number of aromatic nitrogens is 2. The number of rotatable bonds is 4. The summed E-state index contributed by atoms with van der Waals surface area (Å²) >= 11 is 0. The van der Waals surface area contributed by atoms with Crippen LogP contribution in [0.3, 0.4) is 0 Å². The molecule has 0 atom stereocenters. The van der Waals surface area contributed by atoms with E-state index in [1.165, 1.54) is 6.20 Å². The van der Waals surface area contributed by atoms with Crippen LogP contribution in [0.1, 0.15) is 40.8 Å². The monoisotopic (exact) mass is 427 g/mol. The van der Waals surface area contributed by atoms with Crippen LogP contribution in [0.25, 0.3) is 27.9 Å². The Kier molecular flexibility index (Phi) is 5.14. The van der Waals surface area contributed by atoms with Crippen molar-refractivity contribution in [3.63, 3.8) is 0 Å². The minimum Gasteiger partial charge on any atom is -0.398 e. The van der Waals surface area contributed by atoms with Crippen LogP contribution in [-0.4, -0.2) is 21.4 Å². The van der Waals surface area contributed by atoms with Crippen molar-refractivity contribution in [3.05, 3.63) is 58.9 Å². The lowest BCUT2D eigenvalue weighted by Gasteiger charge is -2.24. The Hall–Kier alpha value is -3.46. The van der Waals surface area contributed by atoms with Gasteiger partial charge in [0, 0.05) is 34.6 Å². The molecule has 1 aliphatic carbocycles. The molecule has 0 radical (unpaired) electrons. The van der Waals surface area contributed by atoms with Gasteiger partial charge in [-0.2, -0.15) is 13.2 Å². The number of halogens is 3. The summed E-state index contributed by atoms with van der Waals surface area (Å²) < 4.78 is 41.6. The van der Waals surface area contributed by atoms with Crippen molar-refractivity contribution >= 4 is 28.5 Å². The Balaban J connectivity index is 2.07. The molecule has 9 heteroatoms. The summed E-state index contributed by atoms with van der Waals surface area (Å²) in [5, 5.41) is 17.1. The number of fused-ring (bicyclic) bond motifs is 3. The molecule has 3 aromatic rings. The highest BCUT2D eigenvalue weighted by atomic mass is 19.4. The maximum absolute atomic E-state index is 13.9. The van der Waals surface area contributed by atoms with Gasteiger partial charge in [-0.05, 0) is 55.0 Å². The highest BCUT2D eigenvalue weighted by Gasteiger charge is 2.36. The molecule has 0 saturated carbocycles. The van der Waals surface area contributed by atoms with Crippen molar-refractivity contribution in [2.75, 3.05) is 5.73 Å². The van der Waals surface area contributed by atoms with E-state index < -0.39 is 11.7 Å². The first-order valence-electron chi connectivity index (χ1n) is 9.67. The normalized spacial score (nSPS) is 13.7. The molecule has 0 amide bonds. The summed E-state index contributed by atoms with van der Waals surface area (Å²) in [5.74, 6) is 0. The summed E-state index contributed by atoms with van der Waals surface area (Å²) in [6, 6.07) is 4.15. The van der Waals surface area contributed by atoms with E-state index in [1.54, 1.807) is 12.1 Å². The van der Waals surface area contributed by atoms with Crippen LogP contribution < -0.4 is 11.2 Å². The van der Waals surface area contributed by atoms with Gasteiger partial charge in [-0.3, -0.25) is 15.7 Å². The highest BCUT2D eigenvalue weighted by Crippen LogP contribution is 2.43. The average molecular weight is 427 g/mol. The molecule has 4 rings (SSSR count). The van der Waals surface area contributed by atoms with Gasteiger partial charge in [0.1, 0.15) is 0 Å². The number of aryl methyl sites for hydroxylation is 1. The molecule has 0 saturated heterocycles. The first-order chi connectivity index (χ1) is 14.8. The molecule has 0 aliphatic heterocycles. The first kappa shape index (κ1) is 20.8. The molecule has 6 nitrogen and oxygen atoms in total. The van der Waals surface area contributed by atoms with Gasteiger partial charge < -0.3 is 11.1 Å². The number of nitrogens with two attached hydrogens (primary N) is 1. The molecule has 5 N–H and O–H groups in total. The Bertz CT molecular complexity index is 1200. The molecule has 1 aromatic carbocycles. The quantitative estimate of drug-likeness (QED) is 0.274. The molecule has 2 aromatic heterocycles. The second-order valence-electron chi connectivity index (χ2n) is 7.44. The third-order valence-electron chi connectivity index (χ3n) is 5.58. The van der Waals surface area contributed by atoms with Crippen molar-refractivity contribution in [2.24, 2.45) is 0 Å². The van der Waals surface area contributed by atoms with Crippen molar-refractivity contribution < 1.29 is 18.4 Å². The Morgan fingerprint density at radius 1 is 1.23 bits per heavy atom. The fourth-order valence-electron chi connectivity index (χ4n) is 4.13. The number of nitrogens with one attached hydrogen (secondary N) is 2. The van der Waals surface area contributed by atoms with E-state index in [4.69, 9.17) is 16.4 Å². The summed E-state index contributed by atoms with van der Waals surface area (Å²) in [6.45, 7) is 3.63. The van der Waals surface area contributed by atoms with E-state index in [2.05, 4.69) is 16.5 Å². The predicted molar refractivity (Wildman–Crippen MR) is 113 cm³/mol. The van der Waals surface area contributed by atoms with Gasteiger partial charge >= 0.3 is 6.18 Å². The third-order valence-corrected chi connectivity index (χ3v) is 5.58. The van der Waals surface area contributed by atoms with Crippen LogP contribution in [0.15, 0.2) is 31.0 Å². The largest absolute Gasteiger partial charge is 0.418 e. The van der Waals surface area contributed by atoms with Crippen molar-refractivity contribution in [1.82, 2.24) is 15.4 Å². The predicted octanol–water partition coefficient (Wildman–Crippen LogP) is 4.72. The van der Waals surface area contributed by atoms with E-state index in [1.807, 2.05) is 5.48 Å². The van der Waals surface area contributed by atoms with E-state index in [0.29, 0.717) is 35.2 Å². The average Bonchev–Trinajstić information content (AvgIpc) is 2.77. The molecular weight excluding hydrogens is 407 g/mol. The number of benzene rings is 1. The SMILES string of the molecule is C=C(NO)c1ccc(-c2nc3c(C(F)(F)F)cc(N)c(C=N)c3c3c2CCCC3)cn1. The fourth-order valence-corrected chi connectivity index (χ4v) is 4.13. The van der Waals surface area contributed by atoms with Crippen molar-refractivity contribution in [1.29, 1.82) is 5.41 Å². The first-order valence-corrected chi connectivity index (χ1v) is 9.67. The summed E-state index contributed by atoms with van der Waals surface area (Å²) in [7, 11) is 0. The zero-order valence-corrected chi connectivity index (χ0v) is 16.5. The minimum absolute atomic E-state index is 0.0850. The van der Waals surface area contributed by atoms with Gasteiger partial charge in [0.2, 0.25) is 0 Å². The van der Waals surface area contributed by atoms with Crippen LogP contribution in [0.4, 0.5) is 18.9 Å². The fraction of sp³-hybridized carbons (Fsp3) is 0.227. The number of nitrogens with zero attached hydrogens (tertiary/aromatic N) is 2. The smallest absolute Gasteiger partial charge is 0.398 e. The van der Waals surface area contributed by atoms with E-state index in [-0.39, 0.29) is 22.5 Å². The Morgan fingerprint density at radius 3 is 2.52 bits per heavy atom. The maximum Gasteiger partial charge on any atom is 0.418 e.